The van der Waals surface area contributed by atoms with E-state index in [0.717, 1.165) is 22.2 Å². The Morgan fingerprint density at radius 1 is 1.32 bits per heavy atom. The lowest BCUT2D eigenvalue weighted by Crippen LogP contribution is -2.44. The minimum atomic E-state index is 0.554. The molecule has 1 N–H and O–H groups in total. The molecule has 0 amide bonds. The maximum Gasteiger partial charge on any atom is 0.0992 e. The average Bonchev–Trinajstić information content (AvgIpc) is 2.64. The summed E-state index contributed by atoms with van der Waals surface area (Å²) in [6.45, 7) is 0. The molecule has 2 fully saturated rings. The van der Waals surface area contributed by atoms with Crippen molar-refractivity contribution >= 4 is 21.6 Å². The molecule has 1 aromatic rings. The summed E-state index contributed by atoms with van der Waals surface area (Å²) >= 11 is 3.55. The summed E-state index contributed by atoms with van der Waals surface area (Å²) in [6, 6.07) is 9.96. The third kappa shape index (κ3) is 2.50. The average molecular weight is 320 g/mol. The summed E-state index contributed by atoms with van der Waals surface area (Å²) in [5.74, 6) is 0. The highest BCUT2D eigenvalue weighted by atomic mass is 79.9. The molecule has 2 bridgehead atoms. The molecular formula is C15H18BrN3. The van der Waals surface area contributed by atoms with E-state index in [0.29, 0.717) is 11.6 Å². The van der Waals surface area contributed by atoms with Crippen LogP contribution in [0.1, 0.15) is 31.2 Å². The zero-order chi connectivity index (χ0) is 13.4. The lowest BCUT2D eigenvalue weighted by Gasteiger charge is -2.37. The van der Waals surface area contributed by atoms with Gasteiger partial charge in [-0.15, -0.1) is 0 Å². The number of fused-ring (bicyclic) bond motifs is 2. The molecule has 0 aliphatic carbocycles. The summed E-state index contributed by atoms with van der Waals surface area (Å²) in [5.41, 5.74) is 1.80. The minimum Gasteiger partial charge on any atom is -0.381 e. The van der Waals surface area contributed by atoms with E-state index in [1.54, 1.807) is 0 Å². The van der Waals surface area contributed by atoms with Gasteiger partial charge in [-0.2, -0.15) is 5.26 Å². The van der Waals surface area contributed by atoms with Crippen LogP contribution in [0, 0.1) is 11.3 Å². The van der Waals surface area contributed by atoms with Crippen LogP contribution >= 0.6 is 15.9 Å². The van der Waals surface area contributed by atoms with Crippen LogP contribution in [0.5, 0.6) is 0 Å². The SMILES string of the molecule is CN1C2CCC1CC(Nc1ccc(C#N)cc1Br)C2. The molecule has 0 radical (unpaired) electrons. The maximum absolute atomic E-state index is 8.88. The molecule has 2 saturated heterocycles. The van der Waals surface area contributed by atoms with E-state index in [1.807, 2.05) is 18.2 Å². The van der Waals surface area contributed by atoms with Crippen molar-refractivity contribution in [2.45, 2.75) is 43.8 Å². The third-order valence-corrected chi connectivity index (χ3v) is 5.21. The van der Waals surface area contributed by atoms with Crippen LogP contribution in [-0.4, -0.2) is 30.1 Å². The first-order valence-electron chi connectivity index (χ1n) is 6.85. The van der Waals surface area contributed by atoms with Crippen LogP contribution < -0.4 is 5.32 Å². The number of nitrogens with one attached hydrogen (secondary N) is 1. The molecule has 0 spiro atoms. The first-order valence-corrected chi connectivity index (χ1v) is 7.65. The predicted octanol–water partition coefficient (Wildman–Crippen LogP) is 3.36. The molecule has 3 nitrogen and oxygen atoms in total. The number of nitriles is 1. The van der Waals surface area contributed by atoms with Crippen LogP contribution in [0.3, 0.4) is 0 Å². The number of anilines is 1. The molecule has 2 aliphatic rings. The van der Waals surface area contributed by atoms with Crippen molar-refractivity contribution in [3.05, 3.63) is 28.2 Å². The first kappa shape index (κ1) is 13.0. The van der Waals surface area contributed by atoms with Crippen molar-refractivity contribution in [1.29, 1.82) is 5.26 Å². The van der Waals surface area contributed by atoms with Crippen LogP contribution in [-0.2, 0) is 0 Å². The van der Waals surface area contributed by atoms with Crippen molar-refractivity contribution in [3.8, 4) is 6.07 Å². The normalized spacial score (nSPS) is 30.1. The van der Waals surface area contributed by atoms with Crippen LogP contribution in [0.4, 0.5) is 5.69 Å². The Kier molecular flexibility index (Phi) is 3.51. The van der Waals surface area contributed by atoms with E-state index < -0.39 is 0 Å². The number of hydrogen-bond donors (Lipinski definition) is 1. The molecule has 1 aromatic carbocycles. The molecule has 4 heteroatoms. The van der Waals surface area contributed by atoms with E-state index in [9.17, 15) is 0 Å². The second-order valence-corrected chi connectivity index (χ2v) is 6.52. The van der Waals surface area contributed by atoms with Gasteiger partial charge >= 0.3 is 0 Å². The Balaban J connectivity index is 1.71. The third-order valence-electron chi connectivity index (χ3n) is 4.56. The van der Waals surface area contributed by atoms with Gasteiger partial charge in [0.15, 0.2) is 0 Å². The molecule has 2 atom stereocenters. The lowest BCUT2D eigenvalue weighted by atomic mass is 9.97. The molecule has 100 valence electrons. The molecule has 2 aliphatic heterocycles. The number of halogens is 1. The monoisotopic (exact) mass is 319 g/mol. The Morgan fingerprint density at radius 3 is 2.58 bits per heavy atom. The number of hydrogen-bond acceptors (Lipinski definition) is 3. The van der Waals surface area contributed by atoms with E-state index >= 15 is 0 Å². The van der Waals surface area contributed by atoms with Crippen LogP contribution in [0.2, 0.25) is 0 Å². The van der Waals surface area contributed by atoms with Crippen molar-refractivity contribution in [2.75, 3.05) is 12.4 Å². The smallest absolute Gasteiger partial charge is 0.0992 e. The molecule has 3 rings (SSSR count). The Morgan fingerprint density at radius 2 is 2.00 bits per heavy atom. The van der Waals surface area contributed by atoms with Crippen molar-refractivity contribution in [3.63, 3.8) is 0 Å². The van der Waals surface area contributed by atoms with Gasteiger partial charge in [0, 0.05) is 28.3 Å². The van der Waals surface area contributed by atoms with Gasteiger partial charge in [0.25, 0.3) is 0 Å². The number of rotatable bonds is 2. The fourth-order valence-electron chi connectivity index (χ4n) is 3.45. The Bertz CT molecular complexity index is 509. The van der Waals surface area contributed by atoms with Gasteiger partial charge in [-0.25, -0.2) is 0 Å². The highest BCUT2D eigenvalue weighted by Crippen LogP contribution is 2.36. The standard InChI is InChI=1S/C15H18BrN3/c1-19-12-3-4-13(19)8-11(7-12)18-15-5-2-10(9-17)6-14(15)16/h2,5-6,11-13,18H,3-4,7-8H2,1H3. The summed E-state index contributed by atoms with van der Waals surface area (Å²) in [5, 5.41) is 12.5. The summed E-state index contributed by atoms with van der Waals surface area (Å²) in [4.78, 5) is 2.55. The zero-order valence-corrected chi connectivity index (χ0v) is 12.7. The lowest BCUT2D eigenvalue weighted by molar-refractivity contribution is 0.169. The quantitative estimate of drug-likeness (QED) is 0.908. The van der Waals surface area contributed by atoms with Crippen LogP contribution in [0.15, 0.2) is 22.7 Å². The fourth-order valence-corrected chi connectivity index (χ4v) is 3.94. The van der Waals surface area contributed by atoms with E-state index in [1.165, 1.54) is 25.7 Å². The Labute approximate surface area is 122 Å². The molecule has 0 aromatic heterocycles. The van der Waals surface area contributed by atoms with Gasteiger partial charge in [0.1, 0.15) is 0 Å². The van der Waals surface area contributed by atoms with Crippen molar-refractivity contribution < 1.29 is 0 Å². The topological polar surface area (TPSA) is 39.1 Å². The van der Waals surface area contributed by atoms with Gasteiger partial charge in [0.05, 0.1) is 11.6 Å². The summed E-state index contributed by atoms with van der Waals surface area (Å²) < 4.78 is 0.984. The number of benzene rings is 1. The van der Waals surface area contributed by atoms with Gasteiger partial charge in [0.2, 0.25) is 0 Å². The summed E-state index contributed by atoms with van der Waals surface area (Å²) in [6.07, 6.45) is 5.13. The first-order chi connectivity index (χ1) is 9.17. The molecule has 2 heterocycles. The van der Waals surface area contributed by atoms with E-state index in [-0.39, 0.29) is 0 Å². The highest BCUT2D eigenvalue weighted by molar-refractivity contribution is 9.10. The minimum absolute atomic E-state index is 0.554. The highest BCUT2D eigenvalue weighted by Gasteiger charge is 2.38. The zero-order valence-electron chi connectivity index (χ0n) is 11.1. The van der Waals surface area contributed by atoms with Gasteiger partial charge in [-0.05, 0) is 66.9 Å². The van der Waals surface area contributed by atoms with E-state index in [4.69, 9.17) is 5.26 Å². The maximum atomic E-state index is 8.88. The Hall–Kier alpha value is -1.05. The molecule has 2 unspecified atom stereocenters. The van der Waals surface area contributed by atoms with Gasteiger partial charge < -0.3 is 10.2 Å². The molecular weight excluding hydrogens is 302 g/mol. The second-order valence-electron chi connectivity index (χ2n) is 5.67. The molecule has 19 heavy (non-hydrogen) atoms. The molecule has 0 saturated carbocycles. The largest absolute Gasteiger partial charge is 0.381 e. The van der Waals surface area contributed by atoms with E-state index in [2.05, 4.69) is 39.3 Å². The number of piperidine rings is 1. The van der Waals surface area contributed by atoms with Gasteiger partial charge in [-0.1, -0.05) is 0 Å². The fraction of sp³-hybridized carbons (Fsp3) is 0.533. The second kappa shape index (κ2) is 5.15. The number of nitrogens with zero attached hydrogens (tertiary/aromatic N) is 2. The van der Waals surface area contributed by atoms with Gasteiger partial charge in [-0.3, -0.25) is 0 Å². The van der Waals surface area contributed by atoms with Crippen LogP contribution in [0.25, 0.3) is 0 Å². The summed E-state index contributed by atoms with van der Waals surface area (Å²) in [7, 11) is 2.26. The van der Waals surface area contributed by atoms with Crippen molar-refractivity contribution in [2.24, 2.45) is 0 Å². The van der Waals surface area contributed by atoms with Crippen molar-refractivity contribution in [1.82, 2.24) is 4.90 Å². The predicted molar refractivity (Wildman–Crippen MR) is 80.1 cm³/mol.